The molecule has 0 saturated carbocycles. The van der Waals surface area contributed by atoms with Crippen LogP contribution in [0.15, 0.2) is 106 Å². The summed E-state index contributed by atoms with van der Waals surface area (Å²) in [5.74, 6) is -1.30. The van der Waals surface area contributed by atoms with Crippen LogP contribution in [0.3, 0.4) is 0 Å². The van der Waals surface area contributed by atoms with E-state index in [4.69, 9.17) is 24.5 Å². The summed E-state index contributed by atoms with van der Waals surface area (Å²) >= 11 is 3.69. The number of fused-ring (bicyclic) bond motifs is 5. The fourth-order valence-corrected chi connectivity index (χ4v) is 8.10. The molecule has 6 rings (SSSR count). The second-order valence-electron chi connectivity index (χ2n) is 12.6. The molecule has 240 valence electrons. The van der Waals surface area contributed by atoms with Gasteiger partial charge in [0.05, 0.1) is 48.4 Å². The van der Waals surface area contributed by atoms with Gasteiger partial charge in [0.25, 0.3) is 0 Å². The summed E-state index contributed by atoms with van der Waals surface area (Å²) in [6.07, 6.45) is 7.51. The summed E-state index contributed by atoms with van der Waals surface area (Å²) in [6, 6.07) is 0. The average molecular weight is 688 g/mol. The van der Waals surface area contributed by atoms with E-state index in [1.807, 2.05) is 13.0 Å². The number of nitrogens with zero attached hydrogens (tertiary/aromatic N) is 3. The van der Waals surface area contributed by atoms with E-state index in [2.05, 4.69) is 61.1 Å². The molecule has 10 heteroatoms. The lowest BCUT2D eigenvalue weighted by Crippen LogP contribution is -2.35. The number of carbonyl (C=O) groups is 2. The molecule has 46 heavy (non-hydrogen) atoms. The van der Waals surface area contributed by atoms with Crippen LogP contribution in [0.2, 0.25) is 0 Å². The van der Waals surface area contributed by atoms with Crippen LogP contribution in [0.4, 0.5) is 0 Å². The number of halogens is 1. The predicted molar refractivity (Wildman–Crippen MR) is 183 cm³/mol. The van der Waals surface area contributed by atoms with Crippen molar-refractivity contribution in [1.82, 2.24) is 5.32 Å². The molecule has 2 N–H and O–H groups in total. The van der Waals surface area contributed by atoms with Crippen LogP contribution in [0.5, 0.6) is 0 Å². The lowest BCUT2D eigenvalue weighted by molar-refractivity contribution is -0.148. The first-order chi connectivity index (χ1) is 21.9. The molecule has 0 aromatic heterocycles. The molecule has 5 aliphatic heterocycles. The fourth-order valence-electron chi connectivity index (χ4n) is 7.39. The molecular formula is C36H39BrN4O5. The number of methoxy groups -OCH3 is 2. The molecule has 3 unspecified atom stereocenters. The minimum Gasteiger partial charge on any atom is -0.510 e. The second kappa shape index (κ2) is 11.6. The molecule has 0 aromatic carbocycles. The molecular weight excluding hydrogens is 648 g/mol. The Morgan fingerprint density at radius 1 is 0.978 bits per heavy atom. The molecule has 1 aliphatic carbocycles. The van der Waals surface area contributed by atoms with E-state index in [1.165, 1.54) is 14.2 Å². The first-order valence-corrected chi connectivity index (χ1v) is 16.7. The van der Waals surface area contributed by atoms with Crippen LogP contribution in [0, 0.1) is 17.3 Å². The van der Waals surface area contributed by atoms with Crippen molar-refractivity contribution in [3.8, 4) is 0 Å². The van der Waals surface area contributed by atoms with Gasteiger partial charge in [0.15, 0.2) is 5.41 Å². The van der Waals surface area contributed by atoms with Crippen LogP contribution >= 0.6 is 15.9 Å². The molecule has 0 spiro atoms. The summed E-state index contributed by atoms with van der Waals surface area (Å²) in [5, 5.41) is 16.2. The number of carbonyl (C=O) groups excluding carboxylic acids is 2. The summed E-state index contributed by atoms with van der Waals surface area (Å²) in [7, 11) is 2.70. The third kappa shape index (κ3) is 4.59. The number of alkyl halides is 1. The van der Waals surface area contributed by atoms with Crippen molar-refractivity contribution in [2.75, 3.05) is 19.5 Å². The van der Waals surface area contributed by atoms with Gasteiger partial charge in [0.2, 0.25) is 0 Å². The molecule has 1 fully saturated rings. The number of nitrogens with one attached hydrogen (secondary N) is 1. The van der Waals surface area contributed by atoms with E-state index in [9.17, 15) is 14.7 Å². The number of hydrogen-bond acceptors (Lipinski definition) is 9. The minimum absolute atomic E-state index is 0.0813. The third-order valence-corrected chi connectivity index (χ3v) is 10.8. The summed E-state index contributed by atoms with van der Waals surface area (Å²) < 4.78 is 10.3. The van der Waals surface area contributed by atoms with Gasteiger partial charge in [-0.15, -0.1) is 0 Å². The van der Waals surface area contributed by atoms with Gasteiger partial charge in [0, 0.05) is 46.1 Å². The Hall–Kier alpha value is -4.05. The molecule has 6 aliphatic rings. The Balaban J connectivity index is 1.68. The highest BCUT2D eigenvalue weighted by Gasteiger charge is 2.57. The van der Waals surface area contributed by atoms with Crippen LogP contribution in [-0.2, 0) is 19.1 Å². The maximum absolute atomic E-state index is 13.6. The first-order valence-electron chi connectivity index (χ1n) is 15.6. The van der Waals surface area contributed by atoms with Gasteiger partial charge in [-0.1, -0.05) is 29.8 Å². The Morgan fingerprint density at radius 2 is 1.63 bits per heavy atom. The van der Waals surface area contributed by atoms with Crippen LogP contribution < -0.4 is 5.32 Å². The van der Waals surface area contributed by atoms with Gasteiger partial charge in [-0.05, 0) is 86.6 Å². The topological polar surface area (TPSA) is 122 Å². The largest absolute Gasteiger partial charge is 0.510 e. The highest BCUT2D eigenvalue weighted by atomic mass is 79.9. The number of allylic oxidation sites excluding steroid dienone is 11. The lowest BCUT2D eigenvalue weighted by Gasteiger charge is -2.27. The van der Waals surface area contributed by atoms with Crippen molar-refractivity contribution in [2.24, 2.45) is 32.2 Å². The number of aliphatic imine (C=N–C) groups is 3. The standard InChI is InChI=1S/C36H39BrN4O5/c1-9-20-16(2)24-13-28-22(15-37)18(4)23(39-28)12-25-17(3)21(10-11-29(42)45-7)32(40-25)31-33-30(34(43)36(31,6)35(44)46-8)19(5)26(41-33)14-27(20)38-24/h12-14,17,21,40,43H,9-11,15H2,1-8H3. The van der Waals surface area contributed by atoms with Crippen molar-refractivity contribution < 1.29 is 24.2 Å². The molecule has 3 atom stereocenters. The Bertz CT molecular complexity index is 1860. The van der Waals surface area contributed by atoms with Crippen molar-refractivity contribution in [3.63, 3.8) is 0 Å². The van der Waals surface area contributed by atoms with E-state index in [1.54, 1.807) is 6.92 Å². The molecule has 1 saturated heterocycles. The van der Waals surface area contributed by atoms with E-state index in [-0.39, 0.29) is 30.0 Å². The maximum atomic E-state index is 13.6. The lowest BCUT2D eigenvalue weighted by atomic mass is 9.78. The Kier molecular flexibility index (Phi) is 8.07. The monoisotopic (exact) mass is 686 g/mol. The molecule has 0 radical (unpaired) electrons. The molecule has 9 nitrogen and oxygen atoms in total. The summed E-state index contributed by atoms with van der Waals surface area (Å²) in [6.45, 7) is 12.0. The van der Waals surface area contributed by atoms with E-state index in [0.717, 1.165) is 68.5 Å². The third-order valence-electron chi connectivity index (χ3n) is 10.3. The van der Waals surface area contributed by atoms with Crippen LogP contribution in [-0.4, -0.2) is 53.7 Å². The average Bonchev–Trinajstić information content (AvgIpc) is 3.76. The van der Waals surface area contributed by atoms with Crippen LogP contribution in [0.25, 0.3) is 0 Å². The van der Waals surface area contributed by atoms with Gasteiger partial charge in [-0.2, -0.15) is 0 Å². The number of aliphatic hydroxyl groups is 1. The molecule has 8 bridgehead atoms. The number of hydrogen-bond donors (Lipinski definition) is 2. The van der Waals surface area contributed by atoms with Gasteiger partial charge >= 0.3 is 11.9 Å². The zero-order valence-electron chi connectivity index (χ0n) is 27.5. The molecule has 0 amide bonds. The zero-order chi connectivity index (χ0) is 33.2. The number of aliphatic hydroxyl groups excluding tert-OH is 1. The molecule has 0 aromatic rings. The second-order valence-corrected chi connectivity index (χ2v) is 13.1. The summed E-state index contributed by atoms with van der Waals surface area (Å²) in [5.41, 5.74) is 10.9. The van der Waals surface area contributed by atoms with Gasteiger partial charge in [-0.3, -0.25) is 9.59 Å². The Morgan fingerprint density at radius 3 is 2.26 bits per heavy atom. The van der Waals surface area contributed by atoms with Crippen molar-refractivity contribution in [3.05, 3.63) is 91.5 Å². The predicted octanol–water partition coefficient (Wildman–Crippen LogP) is 6.80. The van der Waals surface area contributed by atoms with Crippen molar-refractivity contribution in [1.29, 1.82) is 0 Å². The fraction of sp³-hybridized carbons (Fsp3) is 0.417. The van der Waals surface area contributed by atoms with Gasteiger partial charge in [-0.25, -0.2) is 15.0 Å². The highest BCUT2D eigenvalue weighted by Crippen LogP contribution is 2.54. The smallest absolute Gasteiger partial charge is 0.323 e. The maximum Gasteiger partial charge on any atom is 0.323 e. The Labute approximate surface area is 277 Å². The van der Waals surface area contributed by atoms with E-state index >= 15 is 0 Å². The van der Waals surface area contributed by atoms with E-state index in [0.29, 0.717) is 34.3 Å². The van der Waals surface area contributed by atoms with Gasteiger partial charge < -0.3 is 19.9 Å². The molecule has 5 heterocycles. The first kappa shape index (κ1) is 31.9. The zero-order valence-corrected chi connectivity index (χ0v) is 29.1. The summed E-state index contributed by atoms with van der Waals surface area (Å²) in [4.78, 5) is 41.3. The number of esters is 2. The van der Waals surface area contributed by atoms with E-state index < -0.39 is 11.4 Å². The quantitative estimate of drug-likeness (QED) is 0.234. The minimum atomic E-state index is -1.52. The van der Waals surface area contributed by atoms with Crippen molar-refractivity contribution in [2.45, 2.75) is 60.8 Å². The van der Waals surface area contributed by atoms with Crippen LogP contribution in [0.1, 0.15) is 60.8 Å². The number of rotatable bonds is 6. The normalized spacial score (nSPS) is 26.7. The SMILES string of the molecule is CCC1=C(C)C2=NC1=CC1=C(C)C3=C(O)C(C)(C(=O)OC)C(=C4NC(=CC5=NC(=C2)C(CBr)=C5C)C(C)C4CCC(=O)OC)C3=N1. The van der Waals surface area contributed by atoms with Gasteiger partial charge in [0.1, 0.15) is 5.76 Å². The number of ether oxygens (including phenoxy) is 2. The highest BCUT2D eigenvalue weighted by molar-refractivity contribution is 9.09. The van der Waals surface area contributed by atoms with Crippen molar-refractivity contribution >= 4 is 45.0 Å².